The van der Waals surface area contributed by atoms with Crippen LogP contribution in [-0.4, -0.2) is 59.4 Å². The molecule has 1 saturated heterocycles. The summed E-state index contributed by atoms with van der Waals surface area (Å²) in [7, 11) is 3.95. The van der Waals surface area contributed by atoms with Crippen molar-refractivity contribution in [3.8, 4) is 11.6 Å². The van der Waals surface area contributed by atoms with Crippen LogP contribution >= 0.6 is 11.6 Å². The number of halogens is 1. The number of carbonyl (C=O) groups is 1. The summed E-state index contributed by atoms with van der Waals surface area (Å²) in [5.41, 5.74) is 0.817. The van der Waals surface area contributed by atoms with Crippen molar-refractivity contribution in [3.63, 3.8) is 0 Å². The molecule has 2 heterocycles. The van der Waals surface area contributed by atoms with Crippen molar-refractivity contribution >= 4 is 17.5 Å². The Bertz CT molecular complexity index is 833. The monoisotopic (exact) mass is 400 g/mol. The molecule has 0 N–H and O–H groups in total. The van der Waals surface area contributed by atoms with Gasteiger partial charge in [-0.15, -0.1) is 0 Å². The zero-order chi connectivity index (χ0) is 19.9. The van der Waals surface area contributed by atoms with Gasteiger partial charge in [-0.25, -0.2) is 4.98 Å². The molecule has 0 bridgehead atoms. The minimum atomic E-state index is 0.0620. The van der Waals surface area contributed by atoms with Gasteiger partial charge in [-0.2, -0.15) is 0 Å². The van der Waals surface area contributed by atoms with E-state index in [0.29, 0.717) is 29.7 Å². The number of likely N-dealkylation sites (tertiary alicyclic amines) is 1. The van der Waals surface area contributed by atoms with E-state index in [0.717, 1.165) is 25.1 Å². The number of ether oxygens (including phenoxy) is 1. The van der Waals surface area contributed by atoms with Gasteiger partial charge in [0.1, 0.15) is 11.4 Å². The smallest absolute Gasteiger partial charge is 0.246 e. The second kappa shape index (κ2) is 9.66. The quantitative estimate of drug-likeness (QED) is 0.691. The first-order valence-corrected chi connectivity index (χ1v) is 9.76. The molecule has 1 aliphatic heterocycles. The summed E-state index contributed by atoms with van der Waals surface area (Å²) in [6, 6.07) is 7.31. The predicted molar refractivity (Wildman–Crippen MR) is 110 cm³/mol. The fraction of sp³-hybridized carbons (Fsp3) is 0.381. The molecule has 0 saturated carbocycles. The Morgan fingerprint density at radius 3 is 2.68 bits per heavy atom. The number of piperidine rings is 1. The van der Waals surface area contributed by atoms with Gasteiger partial charge in [0.15, 0.2) is 0 Å². The lowest BCUT2D eigenvalue weighted by Crippen LogP contribution is -2.37. The van der Waals surface area contributed by atoms with E-state index in [1.807, 2.05) is 48.2 Å². The Balaban J connectivity index is 1.64. The van der Waals surface area contributed by atoms with Crippen LogP contribution in [0.25, 0.3) is 0 Å². The molecule has 7 heteroatoms. The van der Waals surface area contributed by atoms with Crippen LogP contribution < -0.4 is 4.74 Å². The normalized spacial score (nSPS) is 15.4. The van der Waals surface area contributed by atoms with Gasteiger partial charge in [0.05, 0.1) is 5.02 Å². The Kier molecular flexibility index (Phi) is 7.01. The molecule has 28 heavy (non-hydrogen) atoms. The highest BCUT2D eigenvalue weighted by atomic mass is 35.5. The summed E-state index contributed by atoms with van der Waals surface area (Å²) < 4.78 is 5.94. The van der Waals surface area contributed by atoms with Gasteiger partial charge in [0.25, 0.3) is 0 Å². The molecular weight excluding hydrogens is 376 g/mol. The van der Waals surface area contributed by atoms with Gasteiger partial charge in [0.2, 0.25) is 11.8 Å². The molecule has 6 nitrogen and oxygen atoms in total. The van der Waals surface area contributed by atoms with Crippen LogP contribution in [0, 0.1) is 0 Å². The molecule has 1 amide bonds. The minimum Gasteiger partial charge on any atom is -0.436 e. The summed E-state index contributed by atoms with van der Waals surface area (Å²) in [4.78, 5) is 25.1. The van der Waals surface area contributed by atoms with E-state index in [1.165, 1.54) is 0 Å². The van der Waals surface area contributed by atoms with Crippen LogP contribution in [0.1, 0.15) is 24.5 Å². The number of para-hydroxylation sites is 1. The number of nitrogens with zero attached hydrogens (tertiary/aromatic N) is 4. The molecule has 0 spiro atoms. The number of amides is 1. The number of likely N-dealkylation sites (N-methyl/N-ethyl adjacent to an activating group) is 1. The number of benzene rings is 1. The van der Waals surface area contributed by atoms with Crippen molar-refractivity contribution in [1.29, 1.82) is 0 Å². The Hall–Kier alpha value is -2.44. The third-order valence-electron chi connectivity index (χ3n) is 4.66. The van der Waals surface area contributed by atoms with E-state index in [9.17, 15) is 4.79 Å². The average Bonchev–Trinajstić information content (AvgIpc) is 2.70. The van der Waals surface area contributed by atoms with Crippen molar-refractivity contribution in [2.24, 2.45) is 0 Å². The van der Waals surface area contributed by atoms with E-state index >= 15 is 0 Å². The van der Waals surface area contributed by atoms with Crippen LogP contribution in [0.5, 0.6) is 11.6 Å². The molecule has 1 fully saturated rings. The number of aromatic nitrogens is 2. The van der Waals surface area contributed by atoms with Crippen LogP contribution in [-0.2, 0) is 4.79 Å². The Labute approximate surface area is 170 Å². The zero-order valence-electron chi connectivity index (χ0n) is 16.2. The topological polar surface area (TPSA) is 58.6 Å². The van der Waals surface area contributed by atoms with Crippen molar-refractivity contribution < 1.29 is 9.53 Å². The molecule has 0 radical (unpaired) electrons. The van der Waals surface area contributed by atoms with Crippen LogP contribution in [0.3, 0.4) is 0 Å². The highest BCUT2D eigenvalue weighted by molar-refractivity contribution is 6.32. The highest BCUT2D eigenvalue weighted by Crippen LogP contribution is 2.35. The number of carbonyl (C=O) groups excluding carboxylic acids is 1. The first-order valence-electron chi connectivity index (χ1n) is 9.38. The maximum absolute atomic E-state index is 12.3. The summed E-state index contributed by atoms with van der Waals surface area (Å²) in [5, 5.41) is 0.532. The molecular formula is C21H25ClN4O2. The van der Waals surface area contributed by atoms with Gasteiger partial charge in [-0.1, -0.05) is 29.8 Å². The molecule has 0 atom stereocenters. The first kappa shape index (κ1) is 20.3. The lowest BCUT2D eigenvalue weighted by atomic mass is 9.93. The largest absolute Gasteiger partial charge is 0.436 e. The third-order valence-corrected chi connectivity index (χ3v) is 4.97. The van der Waals surface area contributed by atoms with Gasteiger partial charge >= 0.3 is 0 Å². The summed E-state index contributed by atoms with van der Waals surface area (Å²) in [5.74, 6) is 1.30. The molecule has 1 aromatic heterocycles. The number of rotatable bonds is 6. The maximum Gasteiger partial charge on any atom is 0.246 e. The van der Waals surface area contributed by atoms with Crippen molar-refractivity contribution in [1.82, 2.24) is 19.8 Å². The Morgan fingerprint density at radius 2 is 1.96 bits per heavy atom. The van der Waals surface area contributed by atoms with E-state index in [2.05, 4.69) is 9.97 Å². The van der Waals surface area contributed by atoms with Gasteiger partial charge in [-0.05, 0) is 39.1 Å². The zero-order valence-corrected chi connectivity index (χ0v) is 17.0. The molecule has 0 unspecified atom stereocenters. The highest BCUT2D eigenvalue weighted by Gasteiger charge is 2.26. The SMILES string of the molecule is CN(C)C/C=C/C(=O)N1CCC(c2nccnc2Oc2ccccc2Cl)CC1. The summed E-state index contributed by atoms with van der Waals surface area (Å²) in [6.07, 6.45) is 8.50. The fourth-order valence-electron chi connectivity index (χ4n) is 3.17. The van der Waals surface area contributed by atoms with Crippen molar-refractivity contribution in [2.75, 3.05) is 33.7 Å². The van der Waals surface area contributed by atoms with Crippen LogP contribution in [0.15, 0.2) is 48.8 Å². The van der Waals surface area contributed by atoms with Gasteiger partial charge in [-0.3, -0.25) is 9.78 Å². The van der Waals surface area contributed by atoms with Gasteiger partial charge < -0.3 is 14.5 Å². The molecule has 1 aromatic carbocycles. The van der Waals surface area contributed by atoms with Crippen LogP contribution in [0.2, 0.25) is 5.02 Å². The van der Waals surface area contributed by atoms with E-state index in [-0.39, 0.29) is 11.8 Å². The standard InChI is InChI=1S/C21H25ClN4O2/c1-25(2)13-5-8-19(27)26-14-9-16(10-15-26)20-21(24-12-11-23-20)28-18-7-4-3-6-17(18)22/h3-8,11-12,16H,9-10,13-15H2,1-2H3/b8-5+. The van der Waals surface area contributed by atoms with Crippen molar-refractivity contribution in [3.05, 3.63) is 59.5 Å². The molecule has 3 rings (SSSR count). The number of hydrogen-bond donors (Lipinski definition) is 0. The van der Waals surface area contributed by atoms with Gasteiger partial charge in [0, 0.05) is 44.0 Å². The van der Waals surface area contributed by atoms with Crippen LogP contribution in [0.4, 0.5) is 0 Å². The predicted octanol–water partition coefficient (Wildman–Crippen LogP) is 3.75. The first-order chi connectivity index (χ1) is 13.5. The molecule has 1 aliphatic rings. The van der Waals surface area contributed by atoms with E-state index in [4.69, 9.17) is 16.3 Å². The summed E-state index contributed by atoms with van der Waals surface area (Å²) in [6.45, 7) is 2.14. The van der Waals surface area contributed by atoms with E-state index < -0.39 is 0 Å². The second-order valence-corrected chi connectivity index (χ2v) is 7.45. The molecule has 0 aliphatic carbocycles. The third kappa shape index (κ3) is 5.30. The minimum absolute atomic E-state index is 0.0620. The number of hydrogen-bond acceptors (Lipinski definition) is 5. The van der Waals surface area contributed by atoms with E-state index in [1.54, 1.807) is 24.5 Å². The average molecular weight is 401 g/mol. The Morgan fingerprint density at radius 1 is 1.25 bits per heavy atom. The molecule has 2 aromatic rings. The molecule has 148 valence electrons. The van der Waals surface area contributed by atoms with Crippen molar-refractivity contribution in [2.45, 2.75) is 18.8 Å². The fourth-order valence-corrected chi connectivity index (χ4v) is 3.34. The lowest BCUT2D eigenvalue weighted by molar-refractivity contribution is -0.127. The second-order valence-electron chi connectivity index (χ2n) is 7.04. The maximum atomic E-state index is 12.3. The summed E-state index contributed by atoms with van der Waals surface area (Å²) >= 11 is 6.20. The lowest BCUT2D eigenvalue weighted by Gasteiger charge is -2.31.